The minimum atomic E-state index is -3.45. The summed E-state index contributed by atoms with van der Waals surface area (Å²) in [6.07, 6.45) is 1.58. The van der Waals surface area contributed by atoms with Crippen LogP contribution in [0.4, 0.5) is 0 Å². The second kappa shape index (κ2) is 12.9. The van der Waals surface area contributed by atoms with Crippen molar-refractivity contribution < 1.29 is 18.2 Å². The van der Waals surface area contributed by atoms with Crippen LogP contribution in [0.25, 0.3) is 0 Å². The van der Waals surface area contributed by atoms with Crippen molar-refractivity contribution in [1.82, 2.24) is 9.34 Å². The molecule has 0 aliphatic carbocycles. The second-order valence-corrected chi connectivity index (χ2v) is 13.6. The van der Waals surface area contributed by atoms with E-state index in [-0.39, 0.29) is 19.1 Å². The maximum absolute atomic E-state index is 14.0. The maximum Gasteiger partial charge on any atom is 0.283 e. The van der Waals surface area contributed by atoms with Crippen LogP contribution in [0.5, 0.6) is 0 Å². The van der Waals surface area contributed by atoms with Crippen LogP contribution in [0.15, 0.2) is 60.7 Å². The minimum Gasteiger partial charge on any atom is -0.312 e. The Kier molecular flexibility index (Phi) is 10.9. The molecule has 2 unspecified atom stereocenters. The van der Waals surface area contributed by atoms with Crippen LogP contribution >= 0.6 is 26.6 Å². The Labute approximate surface area is 191 Å². The molecule has 0 saturated heterocycles. The summed E-state index contributed by atoms with van der Waals surface area (Å²) < 4.78 is 42.8. The molecular weight excluding hydrogens is 454 g/mol. The van der Waals surface area contributed by atoms with Crippen molar-refractivity contribution in [3.05, 3.63) is 71.8 Å². The monoisotopic (exact) mass is 486 g/mol. The lowest BCUT2D eigenvalue weighted by Crippen LogP contribution is -2.23. The fraction of sp³-hybridized carbons (Fsp3) is 0.455. The first-order valence-electron chi connectivity index (χ1n) is 10.3. The number of unbranched alkanes of at least 4 members (excludes halogenated alkanes) is 1. The molecule has 0 amide bonds. The number of rotatable bonds is 14. The van der Waals surface area contributed by atoms with Crippen LogP contribution < -0.4 is 0 Å². The maximum atomic E-state index is 14.0. The fourth-order valence-corrected chi connectivity index (χ4v) is 8.94. The van der Waals surface area contributed by atoms with Gasteiger partial charge in [-0.05, 0) is 45.1 Å². The highest BCUT2D eigenvalue weighted by molar-refractivity contribution is 7.73. The first kappa shape index (κ1) is 26.3. The normalized spacial score (nSPS) is 15.7. The van der Waals surface area contributed by atoms with E-state index in [2.05, 4.69) is 0 Å². The number of halogens is 1. The highest BCUT2D eigenvalue weighted by Crippen LogP contribution is 2.65. The molecule has 0 spiro atoms. The summed E-state index contributed by atoms with van der Waals surface area (Å²) in [7, 11) is -1.76. The summed E-state index contributed by atoms with van der Waals surface area (Å²) in [4.78, 5) is 0. The first-order valence-corrected chi connectivity index (χ1v) is 14.4. The molecule has 0 fully saturated rings. The first-order chi connectivity index (χ1) is 14.8. The van der Waals surface area contributed by atoms with E-state index < -0.39 is 15.0 Å². The SMILES string of the molecule is CN(C)P(=O)(CP(=O)(OCc1ccccc1)N(C)CCCCCl)OCc1ccccc1. The van der Waals surface area contributed by atoms with Crippen molar-refractivity contribution in [3.8, 4) is 0 Å². The molecule has 0 radical (unpaired) electrons. The number of nitrogens with zero attached hydrogens (tertiary/aromatic N) is 2. The van der Waals surface area contributed by atoms with Crippen LogP contribution in [0.3, 0.4) is 0 Å². The number of hydrogen-bond acceptors (Lipinski definition) is 4. The van der Waals surface area contributed by atoms with Crippen molar-refractivity contribution in [2.75, 3.05) is 39.5 Å². The third kappa shape index (κ3) is 8.47. The van der Waals surface area contributed by atoms with Crippen LogP contribution in [-0.2, 0) is 31.4 Å². The quantitative estimate of drug-likeness (QED) is 0.178. The fourth-order valence-electron chi connectivity index (χ4n) is 2.84. The molecule has 2 aromatic rings. The van der Waals surface area contributed by atoms with Gasteiger partial charge < -0.3 is 9.05 Å². The summed E-state index contributed by atoms with van der Waals surface area (Å²) in [5.74, 6) is 0.351. The second-order valence-electron chi connectivity index (χ2n) is 7.56. The molecule has 0 aromatic heterocycles. The van der Waals surface area contributed by atoms with Crippen molar-refractivity contribution >= 4 is 26.6 Å². The molecular formula is C22H33ClN2O4P2. The van der Waals surface area contributed by atoms with E-state index in [0.717, 1.165) is 24.0 Å². The molecule has 31 heavy (non-hydrogen) atoms. The minimum absolute atomic E-state index is 0.171. The van der Waals surface area contributed by atoms with Gasteiger partial charge in [0, 0.05) is 12.4 Å². The number of alkyl halides is 1. The molecule has 0 saturated carbocycles. The van der Waals surface area contributed by atoms with E-state index in [0.29, 0.717) is 12.4 Å². The van der Waals surface area contributed by atoms with Gasteiger partial charge in [-0.25, -0.2) is 9.34 Å². The smallest absolute Gasteiger partial charge is 0.283 e. The molecule has 6 nitrogen and oxygen atoms in total. The Morgan fingerprint density at radius 1 is 0.774 bits per heavy atom. The third-order valence-corrected chi connectivity index (χ3v) is 11.6. The molecule has 2 atom stereocenters. The van der Waals surface area contributed by atoms with Gasteiger partial charge in [0.2, 0.25) is 0 Å². The van der Waals surface area contributed by atoms with Crippen LogP contribution in [0.1, 0.15) is 24.0 Å². The van der Waals surface area contributed by atoms with Crippen LogP contribution in [0.2, 0.25) is 0 Å². The van der Waals surface area contributed by atoms with Gasteiger partial charge in [0.05, 0.1) is 13.2 Å². The number of benzene rings is 2. The molecule has 0 heterocycles. The molecule has 0 bridgehead atoms. The zero-order valence-electron chi connectivity index (χ0n) is 18.5. The van der Waals surface area contributed by atoms with Gasteiger partial charge in [0.15, 0.2) is 0 Å². The third-order valence-electron chi connectivity index (χ3n) is 4.90. The summed E-state index contributed by atoms with van der Waals surface area (Å²) in [5, 5.41) is 0. The zero-order valence-corrected chi connectivity index (χ0v) is 21.1. The van der Waals surface area contributed by atoms with Gasteiger partial charge in [-0.2, -0.15) is 0 Å². The highest BCUT2D eigenvalue weighted by Gasteiger charge is 2.41. The molecule has 0 aliphatic heterocycles. The largest absolute Gasteiger partial charge is 0.312 e. The zero-order chi connectivity index (χ0) is 22.7. The Hall–Kier alpha value is -0.970. The van der Waals surface area contributed by atoms with E-state index in [1.807, 2.05) is 60.7 Å². The predicted octanol–water partition coefficient (Wildman–Crippen LogP) is 6.28. The summed E-state index contributed by atoms with van der Waals surface area (Å²) in [5.41, 5.74) is 1.81. The standard InChI is InChI=1S/C22H33ClN2O4P2/c1-24(2)30(26,28-18-21-12-6-4-7-13-21)20-31(27,25(3)17-11-10-16-23)29-19-22-14-8-5-9-15-22/h4-9,12-15H,10-11,16-20H2,1-3H3. The van der Waals surface area contributed by atoms with E-state index in [9.17, 15) is 9.13 Å². The highest BCUT2D eigenvalue weighted by atomic mass is 35.5. The lowest BCUT2D eigenvalue weighted by molar-refractivity contribution is 0.253. The predicted molar refractivity (Wildman–Crippen MR) is 129 cm³/mol. The molecule has 2 rings (SSSR count). The van der Waals surface area contributed by atoms with E-state index in [4.69, 9.17) is 20.6 Å². The Morgan fingerprint density at radius 3 is 1.71 bits per heavy atom. The van der Waals surface area contributed by atoms with Gasteiger partial charge >= 0.3 is 0 Å². The van der Waals surface area contributed by atoms with Crippen LogP contribution in [-0.4, -0.2) is 48.8 Å². The van der Waals surface area contributed by atoms with E-state index >= 15 is 0 Å². The molecule has 9 heteroatoms. The van der Waals surface area contributed by atoms with E-state index in [1.54, 1.807) is 25.8 Å². The summed E-state index contributed by atoms with van der Waals surface area (Å²) in [6, 6.07) is 19.1. The lowest BCUT2D eigenvalue weighted by atomic mass is 10.2. The Morgan fingerprint density at radius 2 is 1.26 bits per heavy atom. The van der Waals surface area contributed by atoms with Gasteiger partial charge in [0.25, 0.3) is 15.0 Å². The van der Waals surface area contributed by atoms with E-state index in [1.165, 1.54) is 4.67 Å². The Bertz CT molecular complexity index is 868. The summed E-state index contributed by atoms with van der Waals surface area (Å²) >= 11 is 5.80. The summed E-state index contributed by atoms with van der Waals surface area (Å²) in [6.45, 7) is 0.875. The average molecular weight is 487 g/mol. The van der Waals surface area contributed by atoms with Crippen molar-refractivity contribution in [3.63, 3.8) is 0 Å². The lowest BCUT2D eigenvalue weighted by Gasteiger charge is -2.33. The van der Waals surface area contributed by atoms with Gasteiger partial charge in [-0.15, -0.1) is 11.6 Å². The molecule has 0 aliphatic rings. The number of hydrogen-bond donors (Lipinski definition) is 0. The van der Waals surface area contributed by atoms with Crippen molar-refractivity contribution in [1.29, 1.82) is 0 Å². The van der Waals surface area contributed by atoms with Gasteiger partial charge in [0.1, 0.15) is 5.90 Å². The average Bonchev–Trinajstić information content (AvgIpc) is 2.78. The topological polar surface area (TPSA) is 59.1 Å². The molecule has 172 valence electrons. The van der Waals surface area contributed by atoms with Crippen molar-refractivity contribution in [2.24, 2.45) is 0 Å². The molecule has 0 N–H and O–H groups in total. The van der Waals surface area contributed by atoms with Gasteiger partial charge in [-0.1, -0.05) is 60.7 Å². The van der Waals surface area contributed by atoms with Crippen LogP contribution in [0, 0.1) is 0 Å². The Balaban J connectivity index is 2.20. The van der Waals surface area contributed by atoms with Crippen molar-refractivity contribution in [2.45, 2.75) is 26.1 Å². The molecule has 2 aromatic carbocycles. The van der Waals surface area contributed by atoms with Gasteiger partial charge in [-0.3, -0.25) is 9.13 Å².